The monoisotopic (exact) mass is 518 g/mol. The topological polar surface area (TPSA) is 102 Å². The number of para-hydroxylation sites is 2. The molecule has 4 amide bonds. The van der Waals surface area contributed by atoms with E-state index in [2.05, 4.69) is 5.32 Å². The third kappa shape index (κ3) is 6.82. The zero-order chi connectivity index (χ0) is 27.7. The van der Waals surface area contributed by atoms with Crippen LogP contribution in [0.25, 0.3) is 0 Å². The second-order valence-electron chi connectivity index (χ2n) is 8.85. The normalized spacial score (nSPS) is 12.1. The zero-order valence-corrected chi connectivity index (χ0v) is 22.1. The Bertz CT molecular complexity index is 1170. The van der Waals surface area contributed by atoms with Crippen LogP contribution < -0.4 is 15.0 Å². The fourth-order valence-corrected chi connectivity index (χ4v) is 4.27. The molecule has 200 valence electrons. The first-order valence-electron chi connectivity index (χ1n) is 12.3. The zero-order valence-electron chi connectivity index (χ0n) is 22.1. The second-order valence-corrected chi connectivity index (χ2v) is 8.85. The van der Waals surface area contributed by atoms with Gasteiger partial charge in [0.05, 0.1) is 24.5 Å². The molecule has 3 aromatic carbocycles. The van der Waals surface area contributed by atoms with Gasteiger partial charge in [0, 0.05) is 20.6 Å². The first-order chi connectivity index (χ1) is 18.3. The summed E-state index contributed by atoms with van der Waals surface area (Å²) in [5.74, 6) is -0.519. The summed E-state index contributed by atoms with van der Waals surface area (Å²) in [6, 6.07) is 22.2. The molecule has 0 heterocycles. The molecule has 0 bridgehead atoms. The van der Waals surface area contributed by atoms with Gasteiger partial charge >= 0.3 is 18.0 Å². The van der Waals surface area contributed by atoms with Crippen LogP contribution >= 0.6 is 0 Å². The number of ether oxygens (including phenoxy) is 1. The van der Waals surface area contributed by atoms with Crippen LogP contribution in [0.15, 0.2) is 84.9 Å². The summed E-state index contributed by atoms with van der Waals surface area (Å²) in [5.41, 5.74) is 2.06. The molecule has 3 aromatic rings. The number of urea groups is 2. The summed E-state index contributed by atoms with van der Waals surface area (Å²) in [6.45, 7) is 2.11. The molecule has 2 N–H and O–H groups in total. The van der Waals surface area contributed by atoms with Crippen molar-refractivity contribution in [1.82, 2.24) is 15.1 Å². The summed E-state index contributed by atoms with van der Waals surface area (Å²) < 4.78 is 5.18. The fraction of sp³-hybridized carbons (Fsp3) is 0.276. The van der Waals surface area contributed by atoms with Gasteiger partial charge in [-0.2, -0.15) is 0 Å². The highest BCUT2D eigenvalue weighted by Gasteiger charge is 2.36. The van der Waals surface area contributed by atoms with Crippen molar-refractivity contribution in [3.8, 4) is 5.75 Å². The van der Waals surface area contributed by atoms with Gasteiger partial charge in [0.1, 0.15) is 11.8 Å². The van der Waals surface area contributed by atoms with E-state index in [0.29, 0.717) is 30.1 Å². The Morgan fingerprint density at radius 2 is 1.39 bits per heavy atom. The number of likely N-dealkylation sites (N-methyl/N-ethyl adjacent to an activating group) is 1. The van der Waals surface area contributed by atoms with Gasteiger partial charge in [-0.25, -0.2) is 14.4 Å². The van der Waals surface area contributed by atoms with E-state index in [1.165, 1.54) is 14.7 Å². The standard InChI is InChI=1S/C29H34N4O5/c1-5-25(32(3)29(37)31(2)20-21-16-18-24(38-4)19-17-21)26(27(34)35)30-28(36)33(22-12-8-6-9-13-22)23-14-10-7-11-15-23/h6-19,25-26H,5,20H2,1-4H3,(H,30,36)(H,34,35)/t25-,26+/m1/s1. The number of methoxy groups -OCH3 is 1. The Balaban J connectivity index is 1.80. The Labute approximate surface area is 223 Å². The number of hydrogen-bond donors (Lipinski definition) is 2. The number of anilines is 2. The van der Waals surface area contributed by atoms with Crippen molar-refractivity contribution in [1.29, 1.82) is 0 Å². The number of amides is 4. The van der Waals surface area contributed by atoms with Gasteiger partial charge in [0.2, 0.25) is 0 Å². The number of carbonyl (C=O) groups is 3. The van der Waals surface area contributed by atoms with Crippen LogP contribution in [0.5, 0.6) is 5.75 Å². The van der Waals surface area contributed by atoms with E-state index in [1.807, 2.05) is 36.4 Å². The lowest BCUT2D eigenvalue weighted by atomic mass is 10.0. The molecule has 3 rings (SSSR count). The van der Waals surface area contributed by atoms with E-state index in [-0.39, 0.29) is 6.03 Å². The summed E-state index contributed by atoms with van der Waals surface area (Å²) in [4.78, 5) is 43.5. The van der Waals surface area contributed by atoms with Gasteiger partial charge in [-0.1, -0.05) is 55.5 Å². The lowest BCUT2D eigenvalue weighted by Gasteiger charge is -2.35. The number of carbonyl (C=O) groups excluding carboxylic acids is 2. The maximum atomic E-state index is 13.5. The first kappa shape index (κ1) is 28.0. The van der Waals surface area contributed by atoms with Crippen LogP contribution in [0.2, 0.25) is 0 Å². The smallest absolute Gasteiger partial charge is 0.328 e. The molecule has 38 heavy (non-hydrogen) atoms. The molecule has 9 nitrogen and oxygen atoms in total. The van der Waals surface area contributed by atoms with Gasteiger partial charge in [-0.15, -0.1) is 0 Å². The highest BCUT2D eigenvalue weighted by Crippen LogP contribution is 2.25. The minimum Gasteiger partial charge on any atom is -0.497 e. The number of rotatable bonds is 10. The molecule has 0 aliphatic rings. The molecule has 0 radical (unpaired) electrons. The Morgan fingerprint density at radius 1 is 0.868 bits per heavy atom. The lowest BCUT2D eigenvalue weighted by Crippen LogP contribution is -2.59. The van der Waals surface area contributed by atoms with E-state index in [1.54, 1.807) is 76.7 Å². The van der Waals surface area contributed by atoms with E-state index >= 15 is 0 Å². The second kappa shape index (κ2) is 13.1. The number of hydrogen-bond acceptors (Lipinski definition) is 4. The molecular formula is C29H34N4O5. The highest BCUT2D eigenvalue weighted by molar-refractivity contribution is 6.01. The Hall–Kier alpha value is -4.53. The quantitative estimate of drug-likeness (QED) is 0.395. The average Bonchev–Trinajstić information content (AvgIpc) is 2.94. The molecule has 0 saturated carbocycles. The SMILES string of the molecule is CC[C@H]([C@H](NC(=O)N(c1ccccc1)c1ccccc1)C(=O)O)N(C)C(=O)N(C)Cc1ccc(OC)cc1. The summed E-state index contributed by atoms with van der Waals surface area (Å²) >= 11 is 0. The summed E-state index contributed by atoms with van der Waals surface area (Å²) in [5, 5.41) is 12.8. The number of carboxylic acid groups (broad SMARTS) is 1. The third-order valence-electron chi connectivity index (χ3n) is 6.28. The maximum absolute atomic E-state index is 13.5. The molecule has 0 aromatic heterocycles. The largest absolute Gasteiger partial charge is 0.497 e. The Kier molecular flexibility index (Phi) is 9.70. The van der Waals surface area contributed by atoms with E-state index < -0.39 is 24.1 Å². The molecular weight excluding hydrogens is 484 g/mol. The van der Waals surface area contributed by atoms with Crippen molar-refractivity contribution in [2.75, 3.05) is 26.1 Å². The van der Waals surface area contributed by atoms with E-state index in [4.69, 9.17) is 4.74 Å². The van der Waals surface area contributed by atoms with Crippen LogP contribution in [0.1, 0.15) is 18.9 Å². The first-order valence-corrected chi connectivity index (χ1v) is 12.3. The van der Waals surface area contributed by atoms with Gasteiger partial charge < -0.3 is 25.0 Å². The molecule has 2 atom stereocenters. The van der Waals surface area contributed by atoms with Crippen molar-refractivity contribution >= 4 is 29.4 Å². The van der Waals surface area contributed by atoms with Crippen LogP contribution in [-0.4, -0.2) is 66.2 Å². The highest BCUT2D eigenvalue weighted by atomic mass is 16.5. The molecule has 0 fully saturated rings. The van der Waals surface area contributed by atoms with Crippen LogP contribution in [0, 0.1) is 0 Å². The lowest BCUT2D eigenvalue weighted by molar-refractivity contribution is -0.140. The molecule has 0 saturated heterocycles. The number of carboxylic acids is 1. The predicted molar refractivity (Wildman–Crippen MR) is 147 cm³/mol. The molecule has 0 spiro atoms. The minimum absolute atomic E-state index is 0.312. The van der Waals surface area contributed by atoms with Crippen LogP contribution in [-0.2, 0) is 11.3 Å². The van der Waals surface area contributed by atoms with Crippen molar-refractivity contribution in [3.05, 3.63) is 90.5 Å². The van der Waals surface area contributed by atoms with Gasteiger partial charge in [0.25, 0.3) is 0 Å². The van der Waals surface area contributed by atoms with Gasteiger partial charge in [-0.3, -0.25) is 4.90 Å². The Morgan fingerprint density at radius 3 is 1.84 bits per heavy atom. The van der Waals surface area contributed by atoms with E-state index in [0.717, 1.165) is 5.56 Å². The fourth-order valence-electron chi connectivity index (χ4n) is 4.27. The summed E-state index contributed by atoms with van der Waals surface area (Å²) in [7, 11) is 4.78. The van der Waals surface area contributed by atoms with Gasteiger partial charge in [0.15, 0.2) is 0 Å². The number of benzene rings is 3. The van der Waals surface area contributed by atoms with Crippen molar-refractivity contribution in [3.63, 3.8) is 0 Å². The van der Waals surface area contributed by atoms with E-state index in [9.17, 15) is 19.5 Å². The van der Waals surface area contributed by atoms with Crippen LogP contribution in [0.4, 0.5) is 21.0 Å². The van der Waals surface area contributed by atoms with Crippen molar-refractivity contribution < 1.29 is 24.2 Å². The van der Waals surface area contributed by atoms with Crippen LogP contribution in [0.3, 0.4) is 0 Å². The molecule has 0 aliphatic carbocycles. The maximum Gasteiger partial charge on any atom is 0.328 e. The molecule has 0 unspecified atom stereocenters. The number of nitrogens with one attached hydrogen (secondary N) is 1. The molecule has 9 heteroatoms. The predicted octanol–water partition coefficient (Wildman–Crippen LogP) is 4.96. The number of aliphatic carboxylic acids is 1. The third-order valence-corrected chi connectivity index (χ3v) is 6.28. The minimum atomic E-state index is -1.34. The van der Waals surface area contributed by atoms with Crippen molar-refractivity contribution in [2.24, 2.45) is 0 Å². The number of nitrogens with zero attached hydrogens (tertiary/aromatic N) is 3. The van der Waals surface area contributed by atoms with Crippen molar-refractivity contribution in [2.45, 2.75) is 32.0 Å². The summed E-state index contributed by atoms with van der Waals surface area (Å²) in [6.07, 6.45) is 0.312. The average molecular weight is 519 g/mol. The van der Waals surface area contributed by atoms with Gasteiger partial charge in [-0.05, 0) is 48.4 Å². The molecule has 0 aliphatic heterocycles.